The van der Waals surface area contributed by atoms with Crippen molar-refractivity contribution >= 4 is 36.3 Å². The summed E-state index contributed by atoms with van der Waals surface area (Å²) < 4.78 is 34.5. The fourth-order valence-corrected chi connectivity index (χ4v) is 2.29. The maximum atomic E-state index is 11.0. The number of hydrogen-bond acceptors (Lipinski definition) is 13. The van der Waals surface area contributed by atoms with Gasteiger partial charge >= 0.3 is 36.3 Å². The molecule has 0 aliphatic heterocycles. The van der Waals surface area contributed by atoms with Gasteiger partial charge in [-0.1, -0.05) is 14.9 Å². The van der Waals surface area contributed by atoms with E-state index < -0.39 is 42.6 Å². The second-order valence-electron chi connectivity index (χ2n) is 7.56. The Morgan fingerprint density at radius 1 is 0.581 bits per heavy atom. The van der Waals surface area contributed by atoms with E-state index in [9.17, 15) is 28.8 Å². The number of carbonyl (C=O) groups is 6. The first-order chi connectivity index (χ1) is 19.5. The summed E-state index contributed by atoms with van der Waals surface area (Å²) in [7, 11) is 6.98. The van der Waals surface area contributed by atoms with Gasteiger partial charge in [-0.2, -0.15) is 0 Å². The number of methoxy groups -OCH3 is 1. The van der Waals surface area contributed by atoms with E-state index in [-0.39, 0.29) is 73.3 Å². The smallest absolute Gasteiger partial charge is 0.406 e. The highest BCUT2D eigenvalue weighted by Crippen LogP contribution is 2.01. The van der Waals surface area contributed by atoms with Crippen molar-refractivity contribution < 1.29 is 67.0 Å². The van der Waals surface area contributed by atoms with Crippen molar-refractivity contribution in [2.75, 3.05) is 74.9 Å². The second kappa shape index (κ2) is 30.9. The Morgan fingerprint density at radius 2 is 0.884 bits per heavy atom. The molecule has 0 aromatic heterocycles. The van der Waals surface area contributed by atoms with E-state index in [0.717, 1.165) is 0 Å². The summed E-state index contributed by atoms with van der Waals surface area (Å²) in [5, 5.41) is 17.6. The van der Waals surface area contributed by atoms with E-state index in [1.165, 1.54) is 35.3 Å². The molecule has 0 spiro atoms. The summed E-state index contributed by atoms with van der Waals surface area (Å²) in [5.41, 5.74) is 0. The lowest BCUT2D eigenvalue weighted by molar-refractivity contribution is -0.141. The highest BCUT2D eigenvalue weighted by atomic mass is 16.6. The summed E-state index contributed by atoms with van der Waals surface area (Å²) in [6.45, 7) is 0.0381. The third-order valence-electron chi connectivity index (χ3n) is 4.41. The summed E-state index contributed by atoms with van der Waals surface area (Å²) in [6.07, 6.45) is -2.82. The molecule has 0 atom stereocenters. The zero-order valence-corrected chi connectivity index (χ0v) is 24.0. The molecule has 18 nitrogen and oxygen atoms in total. The van der Waals surface area contributed by atoms with Gasteiger partial charge in [0, 0.05) is 54.2 Å². The highest BCUT2D eigenvalue weighted by Gasteiger charge is 2.16. The van der Waals surface area contributed by atoms with Gasteiger partial charge in [0.05, 0.1) is 7.11 Å². The molecule has 0 heterocycles. The van der Waals surface area contributed by atoms with Crippen LogP contribution in [0.4, 0.5) is 19.2 Å². The maximum absolute atomic E-state index is 11.0. The number of carboxylic acid groups (broad SMARTS) is 1. The van der Waals surface area contributed by atoms with Gasteiger partial charge in [0.15, 0.2) is 0 Å². The van der Waals surface area contributed by atoms with E-state index in [1.54, 1.807) is 0 Å². The molecule has 0 aliphatic carbocycles. The first-order valence-corrected chi connectivity index (χ1v) is 12.4. The summed E-state index contributed by atoms with van der Waals surface area (Å²) in [4.78, 5) is 65.2. The topological polar surface area (TPSA) is 235 Å². The van der Waals surface area contributed by atoms with E-state index in [0.29, 0.717) is 12.8 Å². The standard InChI is InChI=1S/C12H22N2O7.C11H20N2O7.2CH4/c1-13-11(16)20-7-9(8-21-12(17)14-2)19-6-4-5-10(15)18-3;1-12-10(16)19-6-8(7-20-11(17)13-2)18-5-3-4-9(14)15;;/h9H,4-8H2,1-3H3,(H,13,16)(H,14,17);8H,3-7H2,1-2H3,(H,12,16)(H,13,17)(H,14,15);2*1H4. The lowest BCUT2D eigenvalue weighted by atomic mass is 10.3. The van der Waals surface area contributed by atoms with Crippen LogP contribution in [-0.4, -0.2) is 129 Å². The summed E-state index contributed by atoms with van der Waals surface area (Å²) >= 11 is 0. The molecule has 0 saturated heterocycles. The third-order valence-corrected chi connectivity index (χ3v) is 4.41. The fourth-order valence-electron chi connectivity index (χ4n) is 2.29. The quantitative estimate of drug-likeness (QED) is 0.0815. The molecule has 0 aliphatic rings. The van der Waals surface area contributed by atoms with Crippen molar-refractivity contribution in [2.24, 2.45) is 0 Å². The van der Waals surface area contributed by atoms with Gasteiger partial charge in [0.25, 0.3) is 0 Å². The van der Waals surface area contributed by atoms with Crippen molar-refractivity contribution in [3.05, 3.63) is 0 Å². The number of aliphatic carboxylic acids is 1. The molecule has 0 aromatic rings. The van der Waals surface area contributed by atoms with Gasteiger partial charge in [-0.25, -0.2) is 19.2 Å². The van der Waals surface area contributed by atoms with E-state index in [2.05, 4.69) is 26.0 Å². The number of carbonyl (C=O) groups excluding carboxylic acids is 5. The predicted octanol–water partition coefficient (Wildman–Crippen LogP) is 1.26. The Balaban J connectivity index is -0.000000338. The van der Waals surface area contributed by atoms with Crippen molar-refractivity contribution in [3.63, 3.8) is 0 Å². The summed E-state index contributed by atoms with van der Waals surface area (Å²) in [6, 6.07) is 0. The SMILES string of the molecule is C.C.CNC(=O)OCC(COC(=O)NC)OCCCC(=O)O.CNC(=O)OCC(COC(=O)NC)OCCCC(=O)OC. The van der Waals surface area contributed by atoms with Crippen molar-refractivity contribution in [1.82, 2.24) is 21.3 Å². The van der Waals surface area contributed by atoms with Gasteiger partial charge in [-0.05, 0) is 12.8 Å². The fraction of sp³-hybridized carbons (Fsp3) is 0.760. The van der Waals surface area contributed by atoms with Crippen LogP contribution < -0.4 is 21.3 Å². The number of alkyl carbamates (subject to hydrolysis) is 4. The molecular weight excluding hydrogens is 580 g/mol. The zero-order chi connectivity index (χ0) is 31.5. The van der Waals surface area contributed by atoms with Crippen LogP contribution in [0, 0.1) is 0 Å². The van der Waals surface area contributed by atoms with Gasteiger partial charge in [-0.3, -0.25) is 9.59 Å². The molecule has 0 bridgehead atoms. The van der Waals surface area contributed by atoms with Gasteiger partial charge < -0.3 is 59.5 Å². The molecular formula is C25H50N4O14. The maximum Gasteiger partial charge on any atom is 0.406 e. The monoisotopic (exact) mass is 630 g/mol. The van der Waals surface area contributed by atoms with Crippen molar-refractivity contribution in [3.8, 4) is 0 Å². The average molecular weight is 631 g/mol. The number of rotatable bonds is 18. The first kappa shape index (κ1) is 45.9. The Bertz CT molecular complexity index is 745. The molecule has 5 N–H and O–H groups in total. The highest BCUT2D eigenvalue weighted by molar-refractivity contribution is 5.69. The van der Waals surface area contributed by atoms with Crippen molar-refractivity contribution in [1.29, 1.82) is 0 Å². The number of esters is 1. The largest absolute Gasteiger partial charge is 0.481 e. The van der Waals surface area contributed by atoms with E-state index in [4.69, 9.17) is 33.5 Å². The van der Waals surface area contributed by atoms with E-state index in [1.807, 2.05) is 0 Å². The normalized spacial score (nSPS) is 9.47. The van der Waals surface area contributed by atoms with Crippen molar-refractivity contribution in [2.45, 2.75) is 52.7 Å². The van der Waals surface area contributed by atoms with Crippen LogP contribution in [-0.2, 0) is 42.7 Å². The second-order valence-corrected chi connectivity index (χ2v) is 7.56. The number of ether oxygens (including phenoxy) is 7. The Kier molecular flexibility index (Phi) is 33.0. The molecule has 43 heavy (non-hydrogen) atoms. The minimum Gasteiger partial charge on any atom is -0.481 e. The number of amides is 4. The summed E-state index contributed by atoms with van der Waals surface area (Å²) in [5.74, 6) is -1.26. The van der Waals surface area contributed by atoms with Gasteiger partial charge in [0.2, 0.25) is 0 Å². The van der Waals surface area contributed by atoms with Crippen LogP contribution in [0.25, 0.3) is 0 Å². The minimum absolute atomic E-state index is 0. The lowest BCUT2D eigenvalue weighted by Gasteiger charge is -2.17. The van der Waals surface area contributed by atoms with E-state index >= 15 is 0 Å². The third kappa shape index (κ3) is 30.7. The number of nitrogens with one attached hydrogen (secondary N) is 4. The molecule has 0 radical (unpaired) electrons. The molecule has 0 saturated carbocycles. The van der Waals surface area contributed by atoms with Crippen LogP contribution >= 0.6 is 0 Å². The van der Waals surface area contributed by atoms with Gasteiger partial charge in [0.1, 0.15) is 38.6 Å². The zero-order valence-electron chi connectivity index (χ0n) is 24.0. The number of hydrogen-bond donors (Lipinski definition) is 5. The molecule has 0 aromatic carbocycles. The lowest BCUT2D eigenvalue weighted by Crippen LogP contribution is -2.33. The Labute approximate surface area is 252 Å². The molecule has 254 valence electrons. The molecule has 18 heteroatoms. The predicted molar refractivity (Wildman–Crippen MR) is 153 cm³/mol. The minimum atomic E-state index is -0.923. The van der Waals surface area contributed by atoms with Crippen LogP contribution in [0.5, 0.6) is 0 Å². The molecule has 0 fully saturated rings. The van der Waals surface area contributed by atoms with Gasteiger partial charge in [-0.15, -0.1) is 0 Å². The van der Waals surface area contributed by atoms with Crippen LogP contribution in [0.3, 0.4) is 0 Å². The van der Waals surface area contributed by atoms with Crippen LogP contribution in [0.15, 0.2) is 0 Å². The van der Waals surface area contributed by atoms with Crippen LogP contribution in [0.1, 0.15) is 40.5 Å². The number of carboxylic acids is 1. The van der Waals surface area contributed by atoms with Crippen LogP contribution in [0.2, 0.25) is 0 Å². The average Bonchev–Trinajstić information content (AvgIpc) is 2.98. The Morgan fingerprint density at radius 3 is 1.14 bits per heavy atom. The first-order valence-electron chi connectivity index (χ1n) is 12.4. The molecule has 0 rings (SSSR count). The Hall–Kier alpha value is -4.06. The molecule has 0 unspecified atom stereocenters. The molecule has 4 amide bonds.